The van der Waals surface area contributed by atoms with Gasteiger partial charge in [-0.3, -0.25) is 4.90 Å². The van der Waals surface area contributed by atoms with Crippen LogP contribution >= 0.6 is 34.5 Å². The number of halogens is 4. The second-order valence-corrected chi connectivity index (χ2v) is 9.08. The van der Waals surface area contributed by atoms with Crippen molar-refractivity contribution in [2.45, 2.75) is 33.0 Å². The maximum atomic E-state index is 14.8. The summed E-state index contributed by atoms with van der Waals surface area (Å²) in [6.45, 7) is 7.46. The van der Waals surface area contributed by atoms with Crippen LogP contribution in [0.25, 0.3) is 10.2 Å². The van der Waals surface area contributed by atoms with Crippen LogP contribution in [-0.4, -0.2) is 35.6 Å². The number of amides is 1. The van der Waals surface area contributed by atoms with E-state index in [1.165, 1.54) is 29.5 Å². The summed E-state index contributed by atoms with van der Waals surface area (Å²) in [6.07, 6.45) is -2.44. The summed E-state index contributed by atoms with van der Waals surface area (Å²) < 4.78 is 40.3. The summed E-state index contributed by atoms with van der Waals surface area (Å²) in [5.74, 6) is -1.38. The third-order valence-corrected chi connectivity index (χ3v) is 6.92. The van der Waals surface area contributed by atoms with E-state index >= 15 is 0 Å². The zero-order chi connectivity index (χ0) is 24.3. The van der Waals surface area contributed by atoms with E-state index in [1.54, 1.807) is 6.92 Å². The molecule has 6 nitrogen and oxygen atoms in total. The standard InChI is InChI=1S/C22H23Cl2F2N3O3S/c1-4-29(5-2)10-17(32-22(27)30)21-28-15-8-14(26)16(9-18(15)33-21)31-11(3)19-12(23)6-7-13(25)20(19)24/h6-9,11,17H,4-5,10H2,1-3H3,(H2,27,30). The van der Waals surface area contributed by atoms with Crippen LogP contribution in [0.15, 0.2) is 24.3 Å². The fourth-order valence-corrected chi connectivity index (χ4v) is 5.04. The van der Waals surface area contributed by atoms with E-state index in [9.17, 15) is 13.6 Å². The van der Waals surface area contributed by atoms with Gasteiger partial charge >= 0.3 is 6.09 Å². The molecule has 1 aromatic heterocycles. The molecule has 0 aliphatic heterocycles. The number of fused-ring (bicyclic) bond motifs is 1. The maximum Gasteiger partial charge on any atom is 0.405 e. The van der Waals surface area contributed by atoms with Gasteiger partial charge in [-0.1, -0.05) is 37.0 Å². The quantitative estimate of drug-likeness (QED) is 0.327. The summed E-state index contributed by atoms with van der Waals surface area (Å²) in [6, 6.07) is 5.23. The van der Waals surface area contributed by atoms with E-state index < -0.39 is 29.9 Å². The van der Waals surface area contributed by atoms with Gasteiger partial charge in [0.15, 0.2) is 17.7 Å². The van der Waals surface area contributed by atoms with Gasteiger partial charge in [-0.15, -0.1) is 11.3 Å². The zero-order valence-corrected chi connectivity index (χ0v) is 20.5. The topological polar surface area (TPSA) is 77.7 Å². The first-order valence-corrected chi connectivity index (χ1v) is 11.8. The molecule has 0 radical (unpaired) electrons. The molecule has 0 saturated carbocycles. The molecule has 0 aliphatic carbocycles. The van der Waals surface area contributed by atoms with Gasteiger partial charge in [0.25, 0.3) is 0 Å². The Balaban J connectivity index is 1.93. The van der Waals surface area contributed by atoms with Crippen LogP contribution in [0.5, 0.6) is 5.75 Å². The molecule has 1 amide bonds. The van der Waals surface area contributed by atoms with Gasteiger partial charge < -0.3 is 15.2 Å². The molecule has 0 aliphatic rings. The van der Waals surface area contributed by atoms with Crippen molar-refractivity contribution in [3.8, 4) is 5.75 Å². The summed E-state index contributed by atoms with van der Waals surface area (Å²) in [5.41, 5.74) is 5.85. The number of thiazole rings is 1. The third-order valence-electron chi connectivity index (χ3n) is 5.10. The number of ether oxygens (including phenoxy) is 2. The molecule has 2 N–H and O–H groups in total. The minimum atomic E-state index is -0.917. The van der Waals surface area contributed by atoms with Gasteiger partial charge in [-0.05, 0) is 32.1 Å². The fourth-order valence-electron chi connectivity index (χ4n) is 3.36. The Morgan fingerprint density at radius 3 is 2.55 bits per heavy atom. The Labute approximate surface area is 204 Å². The lowest BCUT2D eigenvalue weighted by Crippen LogP contribution is -2.31. The van der Waals surface area contributed by atoms with Crippen LogP contribution in [0.1, 0.15) is 43.6 Å². The van der Waals surface area contributed by atoms with Crippen molar-refractivity contribution >= 4 is 50.8 Å². The van der Waals surface area contributed by atoms with Crippen LogP contribution in [0.3, 0.4) is 0 Å². The number of aromatic nitrogens is 1. The minimum Gasteiger partial charge on any atom is -0.483 e. The first kappa shape index (κ1) is 25.4. The van der Waals surface area contributed by atoms with Crippen LogP contribution in [0.2, 0.25) is 10.0 Å². The molecule has 2 aromatic carbocycles. The van der Waals surface area contributed by atoms with Crippen molar-refractivity contribution in [1.29, 1.82) is 0 Å². The van der Waals surface area contributed by atoms with Crippen molar-refractivity contribution in [2.24, 2.45) is 5.73 Å². The van der Waals surface area contributed by atoms with Gasteiger partial charge in [0.05, 0.1) is 15.2 Å². The smallest absolute Gasteiger partial charge is 0.405 e. The van der Waals surface area contributed by atoms with Crippen LogP contribution in [-0.2, 0) is 4.74 Å². The lowest BCUT2D eigenvalue weighted by molar-refractivity contribution is 0.0788. The fraction of sp³-hybridized carbons (Fsp3) is 0.364. The Morgan fingerprint density at radius 1 is 1.21 bits per heavy atom. The molecule has 2 atom stereocenters. The van der Waals surface area contributed by atoms with E-state index in [2.05, 4.69) is 9.88 Å². The lowest BCUT2D eigenvalue weighted by Gasteiger charge is -2.23. The van der Waals surface area contributed by atoms with Gasteiger partial charge in [-0.2, -0.15) is 0 Å². The molecule has 2 unspecified atom stereocenters. The van der Waals surface area contributed by atoms with Crippen molar-refractivity contribution < 1.29 is 23.0 Å². The lowest BCUT2D eigenvalue weighted by atomic mass is 10.1. The second-order valence-electron chi connectivity index (χ2n) is 7.23. The first-order chi connectivity index (χ1) is 15.6. The van der Waals surface area contributed by atoms with E-state index in [4.69, 9.17) is 38.4 Å². The predicted molar refractivity (Wildman–Crippen MR) is 126 cm³/mol. The molecular weight excluding hydrogens is 495 g/mol. The number of rotatable bonds is 9. The van der Waals surface area contributed by atoms with E-state index in [1.807, 2.05) is 13.8 Å². The number of likely N-dealkylation sites (N-methyl/N-ethyl adjacent to an activating group) is 1. The Kier molecular flexibility index (Phi) is 8.33. The molecule has 33 heavy (non-hydrogen) atoms. The van der Waals surface area contributed by atoms with E-state index in [-0.39, 0.29) is 21.4 Å². The van der Waals surface area contributed by atoms with Crippen LogP contribution in [0, 0.1) is 11.6 Å². The normalized spacial score (nSPS) is 13.3. The maximum absolute atomic E-state index is 14.8. The first-order valence-electron chi connectivity index (χ1n) is 10.2. The number of benzene rings is 2. The number of carbonyl (C=O) groups excluding carboxylic acids is 1. The average molecular weight is 518 g/mol. The molecular formula is C22H23Cl2F2N3O3S. The molecule has 0 fully saturated rings. The van der Waals surface area contributed by atoms with E-state index in [0.717, 1.165) is 19.2 Å². The van der Waals surface area contributed by atoms with Gasteiger partial charge in [0.2, 0.25) is 0 Å². The molecule has 3 rings (SSSR count). The van der Waals surface area contributed by atoms with E-state index in [0.29, 0.717) is 21.8 Å². The monoisotopic (exact) mass is 517 g/mol. The molecule has 11 heteroatoms. The Morgan fingerprint density at radius 2 is 1.91 bits per heavy atom. The van der Waals surface area contributed by atoms with Crippen molar-refractivity contribution in [3.63, 3.8) is 0 Å². The van der Waals surface area contributed by atoms with Crippen molar-refractivity contribution in [1.82, 2.24) is 9.88 Å². The zero-order valence-electron chi connectivity index (χ0n) is 18.2. The summed E-state index contributed by atoms with van der Waals surface area (Å²) in [7, 11) is 0. The molecule has 178 valence electrons. The number of carbonyl (C=O) groups is 1. The van der Waals surface area contributed by atoms with Gasteiger partial charge in [-0.25, -0.2) is 18.6 Å². The number of primary amides is 1. The molecule has 1 heterocycles. The highest BCUT2D eigenvalue weighted by Crippen LogP contribution is 2.38. The summed E-state index contributed by atoms with van der Waals surface area (Å²) >= 11 is 13.4. The van der Waals surface area contributed by atoms with Crippen LogP contribution < -0.4 is 10.5 Å². The summed E-state index contributed by atoms with van der Waals surface area (Å²) in [5, 5.41) is 0.509. The number of hydrogen-bond donors (Lipinski definition) is 1. The summed E-state index contributed by atoms with van der Waals surface area (Å²) in [4.78, 5) is 17.9. The highest BCUT2D eigenvalue weighted by atomic mass is 35.5. The third kappa shape index (κ3) is 5.84. The second kappa shape index (κ2) is 10.8. The van der Waals surface area contributed by atoms with Crippen molar-refractivity contribution in [2.75, 3.05) is 19.6 Å². The molecule has 0 spiro atoms. The molecule has 3 aromatic rings. The number of hydrogen-bond acceptors (Lipinski definition) is 6. The predicted octanol–water partition coefficient (Wildman–Crippen LogP) is 6.50. The average Bonchev–Trinajstić information content (AvgIpc) is 3.16. The highest BCUT2D eigenvalue weighted by Gasteiger charge is 2.24. The van der Waals surface area contributed by atoms with Crippen molar-refractivity contribution in [3.05, 3.63) is 56.5 Å². The van der Waals surface area contributed by atoms with Crippen LogP contribution in [0.4, 0.5) is 13.6 Å². The molecule has 0 bridgehead atoms. The molecule has 0 saturated heterocycles. The highest BCUT2D eigenvalue weighted by molar-refractivity contribution is 7.18. The van der Waals surface area contributed by atoms with Gasteiger partial charge in [0, 0.05) is 29.3 Å². The number of nitrogens with zero attached hydrogens (tertiary/aromatic N) is 2. The largest absolute Gasteiger partial charge is 0.483 e. The minimum absolute atomic E-state index is 0.0716. The number of nitrogens with two attached hydrogens (primary N) is 1. The van der Waals surface area contributed by atoms with Gasteiger partial charge in [0.1, 0.15) is 16.9 Å². The Bertz CT molecular complexity index is 1160. The Hall–Kier alpha value is -2.20. The SMILES string of the molecule is CCN(CC)CC(OC(N)=O)c1nc2cc(F)c(OC(C)c3c(Cl)ccc(F)c3Cl)cc2s1.